The van der Waals surface area contributed by atoms with E-state index in [0.29, 0.717) is 5.13 Å². The quantitative estimate of drug-likeness (QED) is 0.841. The summed E-state index contributed by atoms with van der Waals surface area (Å²) in [7, 11) is 0. The van der Waals surface area contributed by atoms with Gasteiger partial charge in [0.15, 0.2) is 0 Å². The number of carbonyl (C=O) groups is 2. The van der Waals surface area contributed by atoms with Gasteiger partial charge < -0.3 is 5.11 Å². The van der Waals surface area contributed by atoms with E-state index in [9.17, 15) is 14.0 Å². The molecule has 2 N–H and O–H groups in total. The van der Waals surface area contributed by atoms with Gasteiger partial charge in [-0.05, 0) is 18.2 Å². The van der Waals surface area contributed by atoms with Crippen molar-refractivity contribution in [1.29, 1.82) is 0 Å². The van der Waals surface area contributed by atoms with E-state index in [0.717, 1.165) is 29.6 Å². The zero-order valence-corrected chi connectivity index (χ0v) is 10.7. The second kappa shape index (κ2) is 6.02. The van der Waals surface area contributed by atoms with Crippen LogP contribution in [0.15, 0.2) is 29.8 Å². The summed E-state index contributed by atoms with van der Waals surface area (Å²) in [6.45, 7) is 0. The summed E-state index contributed by atoms with van der Waals surface area (Å²) in [4.78, 5) is 22.1. The topological polar surface area (TPSA) is 92.2 Å². The molecular formula is C12H8FN3O3S. The summed E-state index contributed by atoms with van der Waals surface area (Å²) in [5, 5.41) is 18.4. The van der Waals surface area contributed by atoms with Crippen molar-refractivity contribution in [2.75, 3.05) is 5.32 Å². The molecule has 6 nitrogen and oxygen atoms in total. The van der Waals surface area contributed by atoms with Crippen LogP contribution in [0.25, 0.3) is 6.08 Å². The predicted molar refractivity (Wildman–Crippen MR) is 70.9 cm³/mol. The molecule has 0 radical (unpaired) electrons. The third-order valence-electron chi connectivity index (χ3n) is 2.25. The van der Waals surface area contributed by atoms with Crippen LogP contribution in [0.5, 0.6) is 0 Å². The predicted octanol–water partition coefficient (Wildman–Crippen LogP) is 2.03. The summed E-state index contributed by atoms with van der Waals surface area (Å²) in [5.41, 5.74) is 1.64. The number of aliphatic carboxylic acids is 1. The Balaban J connectivity index is 2.16. The van der Waals surface area contributed by atoms with Gasteiger partial charge in [-0.2, -0.15) is 0 Å². The first-order valence-electron chi connectivity index (χ1n) is 5.34. The van der Waals surface area contributed by atoms with Crippen molar-refractivity contribution in [3.05, 3.63) is 46.7 Å². The Bertz CT molecular complexity index is 671. The van der Waals surface area contributed by atoms with Crippen molar-refractivity contribution in [1.82, 2.24) is 10.2 Å². The van der Waals surface area contributed by atoms with Crippen molar-refractivity contribution in [2.45, 2.75) is 0 Å². The number of carboxylic acid groups (broad SMARTS) is 1. The molecule has 0 aliphatic heterocycles. The van der Waals surface area contributed by atoms with E-state index in [2.05, 4.69) is 15.5 Å². The van der Waals surface area contributed by atoms with Crippen LogP contribution in [-0.2, 0) is 4.79 Å². The van der Waals surface area contributed by atoms with Crippen LogP contribution in [0, 0.1) is 5.82 Å². The standard InChI is InChI=1S/C12H8FN3O3S/c13-9-5-8(2-1-7(9)3-4-10(17)18)11(19)15-12-16-14-6-20-12/h1-6H,(H,17,18)(H,15,16,19). The lowest BCUT2D eigenvalue weighted by Gasteiger charge is -2.03. The maximum absolute atomic E-state index is 13.7. The van der Waals surface area contributed by atoms with Gasteiger partial charge in [0.05, 0.1) is 0 Å². The Morgan fingerprint density at radius 1 is 1.40 bits per heavy atom. The molecule has 0 aliphatic rings. The fourth-order valence-corrected chi connectivity index (χ4v) is 1.80. The molecule has 8 heteroatoms. The molecule has 1 aromatic heterocycles. The summed E-state index contributed by atoms with van der Waals surface area (Å²) in [6.07, 6.45) is 1.93. The lowest BCUT2D eigenvalue weighted by molar-refractivity contribution is -0.131. The molecule has 1 amide bonds. The van der Waals surface area contributed by atoms with Gasteiger partial charge in [0.2, 0.25) is 5.13 Å². The van der Waals surface area contributed by atoms with E-state index in [1.54, 1.807) is 0 Å². The van der Waals surface area contributed by atoms with Gasteiger partial charge in [-0.3, -0.25) is 10.1 Å². The van der Waals surface area contributed by atoms with Crippen LogP contribution in [0.2, 0.25) is 0 Å². The minimum atomic E-state index is -1.18. The molecular weight excluding hydrogens is 285 g/mol. The van der Waals surface area contributed by atoms with E-state index in [-0.39, 0.29) is 11.1 Å². The average Bonchev–Trinajstić information content (AvgIpc) is 2.89. The number of rotatable bonds is 4. The number of hydrogen-bond donors (Lipinski definition) is 2. The molecule has 0 saturated heterocycles. The second-order valence-corrected chi connectivity index (χ2v) is 4.44. The van der Waals surface area contributed by atoms with Crippen LogP contribution in [0.3, 0.4) is 0 Å². The first-order valence-corrected chi connectivity index (χ1v) is 6.22. The van der Waals surface area contributed by atoms with Crippen LogP contribution >= 0.6 is 11.3 Å². The number of carbonyl (C=O) groups excluding carboxylic acids is 1. The molecule has 2 rings (SSSR count). The van der Waals surface area contributed by atoms with Gasteiger partial charge in [-0.25, -0.2) is 9.18 Å². The van der Waals surface area contributed by atoms with Crippen molar-refractivity contribution in [2.24, 2.45) is 0 Å². The number of benzene rings is 1. The minimum absolute atomic E-state index is 0.0832. The highest BCUT2D eigenvalue weighted by molar-refractivity contribution is 7.13. The average molecular weight is 293 g/mol. The van der Waals surface area contributed by atoms with E-state index in [1.807, 2.05) is 0 Å². The van der Waals surface area contributed by atoms with E-state index in [1.165, 1.54) is 17.6 Å². The van der Waals surface area contributed by atoms with Gasteiger partial charge in [0, 0.05) is 17.2 Å². The summed E-state index contributed by atoms with van der Waals surface area (Å²) >= 11 is 1.14. The third kappa shape index (κ3) is 3.45. The van der Waals surface area contributed by atoms with Gasteiger partial charge >= 0.3 is 5.97 Å². The van der Waals surface area contributed by atoms with Gasteiger partial charge in [-0.1, -0.05) is 17.4 Å². The van der Waals surface area contributed by atoms with Gasteiger partial charge in [-0.15, -0.1) is 10.2 Å². The van der Waals surface area contributed by atoms with Crippen LogP contribution < -0.4 is 5.32 Å². The fraction of sp³-hybridized carbons (Fsp3) is 0. The maximum atomic E-state index is 13.7. The molecule has 0 unspecified atom stereocenters. The highest BCUT2D eigenvalue weighted by atomic mass is 32.1. The van der Waals surface area contributed by atoms with E-state index in [4.69, 9.17) is 5.11 Å². The Kier molecular flexibility index (Phi) is 4.16. The number of amides is 1. The molecule has 2 aromatic rings. The molecule has 0 atom stereocenters. The SMILES string of the molecule is O=C(O)C=Cc1ccc(C(=O)Nc2nncs2)cc1F. The third-order valence-corrected chi connectivity index (χ3v) is 2.86. The number of anilines is 1. The molecule has 20 heavy (non-hydrogen) atoms. The number of hydrogen-bond acceptors (Lipinski definition) is 5. The maximum Gasteiger partial charge on any atom is 0.328 e. The molecule has 0 bridgehead atoms. The lowest BCUT2D eigenvalue weighted by atomic mass is 10.1. The number of halogens is 1. The Morgan fingerprint density at radius 2 is 2.20 bits per heavy atom. The van der Waals surface area contributed by atoms with Crippen molar-refractivity contribution < 1.29 is 19.1 Å². The highest BCUT2D eigenvalue weighted by Crippen LogP contribution is 2.15. The number of nitrogens with zero attached hydrogens (tertiary/aromatic N) is 2. The smallest absolute Gasteiger partial charge is 0.328 e. The highest BCUT2D eigenvalue weighted by Gasteiger charge is 2.10. The van der Waals surface area contributed by atoms with Crippen molar-refractivity contribution in [3.8, 4) is 0 Å². The first kappa shape index (κ1) is 13.8. The molecule has 0 saturated carbocycles. The monoisotopic (exact) mass is 293 g/mol. The zero-order valence-electron chi connectivity index (χ0n) is 9.91. The lowest BCUT2D eigenvalue weighted by Crippen LogP contribution is -2.12. The van der Waals surface area contributed by atoms with Crippen molar-refractivity contribution >= 4 is 34.4 Å². The summed E-state index contributed by atoms with van der Waals surface area (Å²) in [6, 6.07) is 3.74. The summed E-state index contributed by atoms with van der Waals surface area (Å²) in [5.74, 6) is -2.38. The van der Waals surface area contributed by atoms with E-state index >= 15 is 0 Å². The Morgan fingerprint density at radius 3 is 2.80 bits per heavy atom. The Hall–Kier alpha value is -2.61. The molecule has 0 fully saturated rings. The summed E-state index contributed by atoms with van der Waals surface area (Å²) < 4.78 is 13.7. The number of carboxylic acids is 1. The molecule has 0 spiro atoms. The second-order valence-electron chi connectivity index (χ2n) is 3.61. The van der Waals surface area contributed by atoms with Crippen LogP contribution in [0.1, 0.15) is 15.9 Å². The van der Waals surface area contributed by atoms with E-state index < -0.39 is 17.7 Å². The molecule has 1 aromatic carbocycles. The zero-order chi connectivity index (χ0) is 14.5. The Labute approximate surface area is 116 Å². The molecule has 102 valence electrons. The number of nitrogens with one attached hydrogen (secondary N) is 1. The van der Waals surface area contributed by atoms with Crippen LogP contribution in [0.4, 0.5) is 9.52 Å². The van der Waals surface area contributed by atoms with Gasteiger partial charge in [0.1, 0.15) is 11.3 Å². The number of aromatic nitrogens is 2. The normalized spacial score (nSPS) is 10.7. The molecule has 0 aliphatic carbocycles. The molecule has 1 heterocycles. The van der Waals surface area contributed by atoms with Crippen LogP contribution in [-0.4, -0.2) is 27.2 Å². The van der Waals surface area contributed by atoms with Crippen molar-refractivity contribution in [3.63, 3.8) is 0 Å². The van der Waals surface area contributed by atoms with Gasteiger partial charge in [0.25, 0.3) is 5.91 Å². The first-order chi connectivity index (χ1) is 9.56. The largest absolute Gasteiger partial charge is 0.478 e. The minimum Gasteiger partial charge on any atom is -0.478 e. The fourth-order valence-electron chi connectivity index (χ4n) is 1.36.